The van der Waals surface area contributed by atoms with Crippen LogP contribution in [-0.2, 0) is 0 Å². The Kier molecular flexibility index (Phi) is 1.47. The van der Waals surface area contributed by atoms with Crippen LogP contribution in [0.1, 0.15) is 13.3 Å². The molecule has 1 heterocycles. The molecule has 1 aliphatic heterocycles. The fourth-order valence-electron chi connectivity index (χ4n) is 1.03. The average molecular weight is 153 g/mol. The van der Waals surface area contributed by atoms with Gasteiger partial charge in [-0.25, -0.2) is 0 Å². The van der Waals surface area contributed by atoms with Gasteiger partial charge in [0.25, 0.3) is 0 Å². The number of nitrogens with zero attached hydrogens (tertiary/aromatic N) is 1. The number of rotatable bonds is 0. The molecule has 0 bridgehead atoms. The molecule has 0 saturated carbocycles. The lowest BCUT2D eigenvalue weighted by molar-refractivity contribution is -0.253. The summed E-state index contributed by atoms with van der Waals surface area (Å²) in [7, 11) is 1.50. The van der Waals surface area contributed by atoms with E-state index in [1.165, 1.54) is 18.9 Å². The Hall–Kier alpha value is -0.250. The monoisotopic (exact) mass is 153 g/mol. The first-order valence-corrected chi connectivity index (χ1v) is 3.16. The molecule has 4 heteroatoms. The van der Waals surface area contributed by atoms with Crippen LogP contribution in [-0.4, -0.2) is 30.2 Å². The molecule has 0 aromatic carbocycles. The van der Waals surface area contributed by atoms with Crippen molar-refractivity contribution in [2.75, 3.05) is 13.6 Å². The van der Waals surface area contributed by atoms with Gasteiger partial charge in [-0.3, -0.25) is 4.90 Å². The smallest absolute Gasteiger partial charge is 0.293 e. The molecule has 1 aliphatic rings. The molecule has 0 aromatic heterocycles. The van der Waals surface area contributed by atoms with Crippen LogP contribution in [0.3, 0.4) is 0 Å². The van der Waals surface area contributed by atoms with E-state index in [0.717, 1.165) is 0 Å². The maximum atomic E-state index is 12.1. The first-order valence-electron chi connectivity index (χ1n) is 3.16. The topological polar surface area (TPSA) is 3.24 Å². The Morgan fingerprint density at radius 2 is 1.90 bits per heavy atom. The average Bonchev–Trinajstić information content (AvgIpc) is 1.80. The fourth-order valence-corrected chi connectivity index (χ4v) is 1.03. The van der Waals surface area contributed by atoms with E-state index in [9.17, 15) is 13.2 Å². The van der Waals surface area contributed by atoms with E-state index in [2.05, 4.69) is 0 Å². The molecular weight excluding hydrogens is 143 g/mol. The summed E-state index contributed by atoms with van der Waals surface area (Å²) in [6.45, 7) is 1.78. The zero-order valence-electron chi connectivity index (χ0n) is 6.00. The van der Waals surface area contributed by atoms with Gasteiger partial charge < -0.3 is 0 Å². The van der Waals surface area contributed by atoms with Gasteiger partial charge in [0.2, 0.25) is 0 Å². The highest BCUT2D eigenvalue weighted by Gasteiger charge is 2.58. The molecule has 1 unspecified atom stereocenters. The number of halogens is 3. The second-order valence-electron chi connectivity index (χ2n) is 2.94. The molecule has 0 N–H and O–H groups in total. The van der Waals surface area contributed by atoms with Crippen molar-refractivity contribution in [3.8, 4) is 0 Å². The quantitative estimate of drug-likeness (QED) is 0.511. The molecule has 0 radical (unpaired) electrons. The highest BCUT2D eigenvalue weighted by Crippen LogP contribution is 2.42. The third-order valence-corrected chi connectivity index (χ3v) is 2.39. The molecule has 0 aromatic rings. The maximum absolute atomic E-state index is 12.1. The second kappa shape index (κ2) is 1.87. The lowest BCUT2D eigenvalue weighted by atomic mass is 9.87. The lowest BCUT2D eigenvalue weighted by Gasteiger charge is -2.49. The van der Waals surface area contributed by atoms with Crippen molar-refractivity contribution in [2.45, 2.75) is 25.1 Å². The zero-order chi connectivity index (χ0) is 7.99. The third-order valence-electron chi connectivity index (χ3n) is 2.39. The van der Waals surface area contributed by atoms with E-state index in [-0.39, 0.29) is 6.42 Å². The van der Waals surface area contributed by atoms with Crippen LogP contribution in [0.4, 0.5) is 13.2 Å². The van der Waals surface area contributed by atoms with Crippen LogP contribution in [0.15, 0.2) is 0 Å². The first kappa shape index (κ1) is 7.85. The number of alkyl halides is 3. The summed E-state index contributed by atoms with van der Waals surface area (Å²) < 4.78 is 36.3. The highest BCUT2D eigenvalue weighted by atomic mass is 19.4. The fraction of sp³-hybridized carbons (Fsp3) is 1.00. The third kappa shape index (κ3) is 0.820. The van der Waals surface area contributed by atoms with E-state index in [0.29, 0.717) is 6.54 Å². The summed E-state index contributed by atoms with van der Waals surface area (Å²) >= 11 is 0. The molecule has 1 rings (SSSR count). The van der Waals surface area contributed by atoms with Crippen LogP contribution < -0.4 is 0 Å². The molecule has 1 atom stereocenters. The van der Waals surface area contributed by atoms with E-state index in [1.807, 2.05) is 0 Å². The van der Waals surface area contributed by atoms with Gasteiger partial charge in [0.15, 0.2) is 0 Å². The van der Waals surface area contributed by atoms with Gasteiger partial charge in [0.1, 0.15) is 5.54 Å². The van der Waals surface area contributed by atoms with Crippen molar-refractivity contribution < 1.29 is 13.2 Å². The summed E-state index contributed by atoms with van der Waals surface area (Å²) in [5.74, 6) is 0. The van der Waals surface area contributed by atoms with Gasteiger partial charge in [0.05, 0.1) is 0 Å². The minimum atomic E-state index is -4.07. The Morgan fingerprint density at radius 3 is 1.90 bits per heavy atom. The molecule has 10 heavy (non-hydrogen) atoms. The minimum absolute atomic E-state index is 0.229. The molecule has 1 saturated heterocycles. The Labute approximate surface area is 57.8 Å². The number of hydrogen-bond donors (Lipinski definition) is 0. The first-order chi connectivity index (χ1) is 4.38. The van der Waals surface area contributed by atoms with E-state index in [4.69, 9.17) is 0 Å². The van der Waals surface area contributed by atoms with Crippen LogP contribution >= 0.6 is 0 Å². The summed E-state index contributed by atoms with van der Waals surface area (Å²) in [6.07, 6.45) is -3.84. The summed E-state index contributed by atoms with van der Waals surface area (Å²) in [5.41, 5.74) is -1.55. The molecule has 1 fully saturated rings. The van der Waals surface area contributed by atoms with Crippen LogP contribution in [0, 0.1) is 0 Å². The van der Waals surface area contributed by atoms with Crippen LogP contribution in [0.25, 0.3) is 0 Å². The van der Waals surface area contributed by atoms with Crippen molar-refractivity contribution in [1.29, 1.82) is 0 Å². The lowest BCUT2D eigenvalue weighted by Crippen LogP contribution is -2.64. The second-order valence-corrected chi connectivity index (χ2v) is 2.94. The van der Waals surface area contributed by atoms with Gasteiger partial charge >= 0.3 is 6.18 Å². The number of hydrogen-bond acceptors (Lipinski definition) is 1. The normalized spacial score (nSPS) is 35.7. The van der Waals surface area contributed by atoms with Gasteiger partial charge in [-0.15, -0.1) is 0 Å². The molecule has 60 valence electrons. The molecule has 1 nitrogen and oxygen atoms in total. The number of likely N-dealkylation sites (tertiary alicyclic amines) is 1. The zero-order valence-corrected chi connectivity index (χ0v) is 6.00. The largest absolute Gasteiger partial charge is 0.406 e. The predicted octanol–water partition coefficient (Wildman–Crippen LogP) is 1.64. The molecule has 0 spiro atoms. The van der Waals surface area contributed by atoms with Gasteiger partial charge in [-0.1, -0.05) is 0 Å². The van der Waals surface area contributed by atoms with Crippen molar-refractivity contribution in [2.24, 2.45) is 0 Å². The molecular formula is C6H10F3N. The van der Waals surface area contributed by atoms with E-state index >= 15 is 0 Å². The van der Waals surface area contributed by atoms with E-state index in [1.54, 1.807) is 0 Å². The summed E-state index contributed by atoms with van der Waals surface area (Å²) in [6, 6.07) is 0. The standard InChI is InChI=1S/C6H10F3N/c1-5(6(7,8)9)3-4-10(5)2/h3-4H2,1-2H3. The predicted molar refractivity (Wildman–Crippen MR) is 31.7 cm³/mol. The SMILES string of the molecule is CN1CCC1(C)C(F)(F)F. The van der Waals surface area contributed by atoms with Gasteiger partial charge in [-0.05, 0) is 20.4 Å². The van der Waals surface area contributed by atoms with Crippen molar-refractivity contribution >= 4 is 0 Å². The van der Waals surface area contributed by atoms with Crippen molar-refractivity contribution in [3.05, 3.63) is 0 Å². The summed E-state index contributed by atoms with van der Waals surface area (Å²) in [4.78, 5) is 1.33. The van der Waals surface area contributed by atoms with Gasteiger partial charge in [-0.2, -0.15) is 13.2 Å². The van der Waals surface area contributed by atoms with Crippen molar-refractivity contribution in [1.82, 2.24) is 4.90 Å². The Morgan fingerprint density at radius 1 is 1.40 bits per heavy atom. The Bertz CT molecular complexity index is 142. The minimum Gasteiger partial charge on any atom is -0.293 e. The Balaban J connectivity index is 2.70. The maximum Gasteiger partial charge on any atom is 0.406 e. The van der Waals surface area contributed by atoms with Crippen LogP contribution in [0.2, 0.25) is 0 Å². The van der Waals surface area contributed by atoms with Gasteiger partial charge in [0, 0.05) is 6.54 Å². The highest BCUT2D eigenvalue weighted by molar-refractivity contribution is 4.99. The molecule has 0 aliphatic carbocycles. The van der Waals surface area contributed by atoms with Crippen LogP contribution in [0.5, 0.6) is 0 Å². The molecule has 0 amide bonds. The van der Waals surface area contributed by atoms with Crippen molar-refractivity contribution in [3.63, 3.8) is 0 Å². The summed E-state index contributed by atoms with van der Waals surface area (Å²) in [5, 5.41) is 0. The van der Waals surface area contributed by atoms with E-state index < -0.39 is 11.7 Å².